The number of carbonyl (C=O) groups is 1. The third-order valence-corrected chi connectivity index (χ3v) is 8.41. The minimum absolute atomic E-state index is 0.0185. The number of hydrogen-bond donors (Lipinski definition) is 2. The summed E-state index contributed by atoms with van der Waals surface area (Å²) in [6, 6.07) is 10.00. The van der Waals surface area contributed by atoms with Crippen molar-refractivity contribution in [2.75, 3.05) is 11.9 Å². The predicted octanol–water partition coefficient (Wildman–Crippen LogP) is 7.22. The highest BCUT2D eigenvalue weighted by atomic mass is 35.5. The van der Waals surface area contributed by atoms with Crippen LogP contribution in [0.15, 0.2) is 42.5 Å². The Bertz CT molecular complexity index is 1300. The third-order valence-electron chi connectivity index (χ3n) is 7.97. The number of anilines is 1. The molecule has 6 rings (SSSR count). The number of urea groups is 1. The Kier molecular flexibility index (Phi) is 6.64. The number of carbonyl (C=O) groups excluding carboxylic acids is 1. The van der Waals surface area contributed by atoms with E-state index < -0.39 is 11.7 Å². The maximum Gasteiger partial charge on any atom is 0.417 e. The Labute approximate surface area is 222 Å². The monoisotopic (exact) mass is 551 g/mol. The lowest BCUT2D eigenvalue weighted by Crippen LogP contribution is -2.50. The minimum atomic E-state index is -4.48. The molecule has 3 aromatic rings. The van der Waals surface area contributed by atoms with Crippen molar-refractivity contribution >= 4 is 34.9 Å². The van der Waals surface area contributed by atoms with Crippen molar-refractivity contribution in [3.8, 4) is 11.4 Å². The van der Waals surface area contributed by atoms with Crippen LogP contribution < -0.4 is 10.6 Å². The van der Waals surface area contributed by atoms with Gasteiger partial charge in [-0.15, -0.1) is 10.2 Å². The Morgan fingerprint density at radius 1 is 1.00 bits per heavy atom. The zero-order valence-electron chi connectivity index (χ0n) is 20.1. The summed E-state index contributed by atoms with van der Waals surface area (Å²) >= 11 is 12.0. The normalized spacial score (nSPS) is 23.2. The lowest BCUT2D eigenvalue weighted by molar-refractivity contribution is -0.137. The van der Waals surface area contributed by atoms with Crippen LogP contribution in [0.1, 0.15) is 49.9 Å². The van der Waals surface area contributed by atoms with Gasteiger partial charge in [-0.1, -0.05) is 41.4 Å². The summed E-state index contributed by atoms with van der Waals surface area (Å²) in [6.07, 6.45) is 0.703. The average molecular weight is 552 g/mol. The lowest BCUT2D eigenvalue weighted by atomic mass is 9.53. The maximum absolute atomic E-state index is 13.6. The van der Waals surface area contributed by atoms with Gasteiger partial charge in [-0.05, 0) is 68.2 Å². The molecular formula is C26H26Cl2F3N5O. The first kappa shape index (κ1) is 25.9. The number of aromatic nitrogens is 3. The Balaban J connectivity index is 1.27. The molecule has 0 aliphatic heterocycles. The fraction of sp³-hybridized carbons (Fsp3) is 0.423. The number of amides is 2. The summed E-state index contributed by atoms with van der Waals surface area (Å²) in [5.74, 6) is 0.954. The van der Waals surface area contributed by atoms with Gasteiger partial charge >= 0.3 is 12.2 Å². The highest BCUT2D eigenvalue weighted by Gasteiger charge is 2.51. The first-order valence-corrected chi connectivity index (χ1v) is 12.8. The van der Waals surface area contributed by atoms with E-state index >= 15 is 0 Å². The molecule has 11 heteroatoms. The number of nitrogens with one attached hydrogen (secondary N) is 2. The molecule has 3 aliphatic rings. The largest absolute Gasteiger partial charge is 0.417 e. The van der Waals surface area contributed by atoms with Crippen LogP contribution in [0, 0.1) is 5.41 Å². The molecule has 2 N–H and O–H groups in total. The third kappa shape index (κ3) is 5.03. The molecule has 3 fully saturated rings. The first-order valence-electron chi connectivity index (χ1n) is 12.1. The molecule has 0 radical (unpaired) electrons. The van der Waals surface area contributed by atoms with Gasteiger partial charge in [0.15, 0.2) is 5.82 Å². The number of benzene rings is 2. The van der Waals surface area contributed by atoms with Crippen molar-refractivity contribution in [2.45, 2.75) is 50.1 Å². The van der Waals surface area contributed by atoms with Crippen LogP contribution in [0.3, 0.4) is 0 Å². The molecule has 2 aromatic carbocycles. The van der Waals surface area contributed by atoms with Crippen LogP contribution in [0.2, 0.25) is 10.0 Å². The van der Waals surface area contributed by atoms with E-state index in [-0.39, 0.29) is 28.2 Å². The second kappa shape index (κ2) is 9.51. The highest BCUT2D eigenvalue weighted by molar-refractivity contribution is 6.35. The molecule has 0 spiro atoms. The van der Waals surface area contributed by atoms with Gasteiger partial charge in [0, 0.05) is 40.3 Å². The molecule has 2 amide bonds. The van der Waals surface area contributed by atoms with Crippen LogP contribution in [0.5, 0.6) is 0 Å². The smallest absolute Gasteiger partial charge is 0.337 e. The molecule has 37 heavy (non-hydrogen) atoms. The molecule has 0 saturated heterocycles. The maximum atomic E-state index is 13.6. The van der Waals surface area contributed by atoms with E-state index in [1.807, 2.05) is 0 Å². The van der Waals surface area contributed by atoms with E-state index in [1.165, 1.54) is 12.1 Å². The van der Waals surface area contributed by atoms with E-state index in [4.69, 9.17) is 23.2 Å². The van der Waals surface area contributed by atoms with Crippen molar-refractivity contribution in [3.63, 3.8) is 0 Å². The number of hydrogen-bond acceptors (Lipinski definition) is 3. The van der Waals surface area contributed by atoms with E-state index in [0.717, 1.165) is 50.4 Å². The molecule has 6 nitrogen and oxygen atoms in total. The first-order chi connectivity index (χ1) is 17.5. The van der Waals surface area contributed by atoms with Crippen LogP contribution in [0.25, 0.3) is 11.4 Å². The minimum Gasteiger partial charge on any atom is -0.337 e. The zero-order valence-corrected chi connectivity index (χ0v) is 21.6. The van der Waals surface area contributed by atoms with Crippen molar-refractivity contribution in [1.82, 2.24) is 20.1 Å². The van der Waals surface area contributed by atoms with Gasteiger partial charge in [-0.25, -0.2) is 4.79 Å². The van der Waals surface area contributed by atoms with Crippen LogP contribution in [-0.4, -0.2) is 27.3 Å². The standard InChI is InChI=1S/C26H26Cl2F3N5O/c1-36-21(19-4-2-3-5-20(19)26(29,30)31)34-35-22(36)25-9-6-24(7-10-25,8-11-25)15-32-23(37)33-18-13-16(27)12-17(28)14-18/h2-5,12-14H,6-11,15H2,1H3,(H2,32,33,37). The topological polar surface area (TPSA) is 71.8 Å². The molecule has 1 heterocycles. The zero-order chi connectivity index (χ0) is 26.4. The van der Waals surface area contributed by atoms with Gasteiger partial charge < -0.3 is 15.2 Å². The SMILES string of the molecule is Cn1c(-c2ccccc2C(F)(F)F)nnc1C12CCC(CNC(=O)Nc3cc(Cl)cc(Cl)c3)(CC1)CC2. The Morgan fingerprint density at radius 3 is 2.24 bits per heavy atom. The van der Waals surface area contributed by atoms with Crippen molar-refractivity contribution < 1.29 is 18.0 Å². The molecule has 2 bridgehead atoms. The summed E-state index contributed by atoms with van der Waals surface area (Å²) < 4.78 is 42.5. The quantitative estimate of drug-likeness (QED) is 0.351. The van der Waals surface area contributed by atoms with E-state index in [0.29, 0.717) is 22.3 Å². The van der Waals surface area contributed by atoms with E-state index in [9.17, 15) is 18.0 Å². The fourth-order valence-corrected chi connectivity index (χ4v) is 6.41. The number of alkyl halides is 3. The average Bonchev–Trinajstić information content (AvgIpc) is 3.25. The molecule has 196 valence electrons. The van der Waals surface area contributed by atoms with Crippen LogP contribution in [-0.2, 0) is 18.6 Å². The van der Waals surface area contributed by atoms with Crippen molar-refractivity contribution in [1.29, 1.82) is 0 Å². The summed E-state index contributed by atoms with van der Waals surface area (Å²) in [5.41, 5.74) is -0.413. The predicted molar refractivity (Wildman–Crippen MR) is 137 cm³/mol. The lowest BCUT2D eigenvalue weighted by Gasteiger charge is -2.52. The molecule has 3 aliphatic carbocycles. The van der Waals surface area contributed by atoms with Gasteiger partial charge in [0.25, 0.3) is 0 Å². The van der Waals surface area contributed by atoms with Gasteiger partial charge in [-0.2, -0.15) is 13.2 Å². The molecular weight excluding hydrogens is 526 g/mol. The van der Waals surface area contributed by atoms with Gasteiger partial charge in [0.05, 0.1) is 5.56 Å². The molecule has 3 saturated carbocycles. The summed E-state index contributed by atoms with van der Waals surface area (Å²) in [5, 5.41) is 15.2. The fourth-order valence-electron chi connectivity index (χ4n) is 5.88. The van der Waals surface area contributed by atoms with Gasteiger partial charge in [0.2, 0.25) is 0 Å². The number of rotatable bonds is 5. The van der Waals surface area contributed by atoms with Crippen LogP contribution >= 0.6 is 23.2 Å². The number of fused-ring (bicyclic) bond motifs is 3. The van der Waals surface area contributed by atoms with E-state index in [2.05, 4.69) is 20.8 Å². The Morgan fingerprint density at radius 2 is 1.62 bits per heavy atom. The molecule has 0 unspecified atom stereocenters. The van der Waals surface area contributed by atoms with Gasteiger partial charge in [-0.3, -0.25) is 0 Å². The van der Waals surface area contributed by atoms with Crippen molar-refractivity contribution in [3.05, 3.63) is 63.9 Å². The second-order valence-corrected chi connectivity index (χ2v) is 11.1. The number of halogens is 5. The molecule has 0 atom stereocenters. The summed E-state index contributed by atoms with van der Waals surface area (Å²) in [7, 11) is 1.75. The van der Waals surface area contributed by atoms with Crippen LogP contribution in [0.4, 0.5) is 23.7 Å². The number of nitrogens with zero attached hydrogens (tertiary/aromatic N) is 3. The van der Waals surface area contributed by atoms with E-state index in [1.54, 1.807) is 35.9 Å². The Hall–Kier alpha value is -2.78. The molecule has 1 aromatic heterocycles. The second-order valence-electron chi connectivity index (χ2n) is 10.2. The van der Waals surface area contributed by atoms with Crippen molar-refractivity contribution in [2.24, 2.45) is 12.5 Å². The van der Waals surface area contributed by atoms with Gasteiger partial charge in [0.1, 0.15) is 5.82 Å². The summed E-state index contributed by atoms with van der Waals surface area (Å²) in [6.45, 7) is 0.534. The summed E-state index contributed by atoms with van der Waals surface area (Å²) in [4.78, 5) is 12.5. The highest BCUT2D eigenvalue weighted by Crippen LogP contribution is 2.57.